The molecule has 23 heavy (non-hydrogen) atoms. The lowest BCUT2D eigenvalue weighted by Gasteiger charge is -2.13. The smallest absolute Gasteiger partial charge is 0.284 e. The second-order valence-electron chi connectivity index (χ2n) is 5.40. The molecule has 0 N–H and O–H groups in total. The van der Waals surface area contributed by atoms with Crippen LogP contribution >= 0.6 is 11.8 Å². The number of nitrogens with zero attached hydrogens (tertiary/aromatic N) is 3. The minimum Gasteiger partial charge on any atom is -0.451 e. The third kappa shape index (κ3) is 2.96. The van der Waals surface area contributed by atoms with Gasteiger partial charge < -0.3 is 13.7 Å². The van der Waals surface area contributed by atoms with E-state index in [1.165, 1.54) is 11.8 Å². The highest BCUT2D eigenvalue weighted by atomic mass is 32.2. The zero-order chi connectivity index (χ0) is 15.6. The minimum absolute atomic E-state index is 0.121. The zero-order valence-corrected chi connectivity index (χ0v) is 13.2. The maximum Gasteiger partial charge on any atom is 0.284 e. The molecule has 1 aliphatic heterocycles. The van der Waals surface area contributed by atoms with E-state index in [1.54, 1.807) is 0 Å². The van der Waals surface area contributed by atoms with Gasteiger partial charge in [-0.15, -0.1) is 10.2 Å². The highest BCUT2D eigenvalue weighted by Crippen LogP contribution is 2.28. The molecule has 1 fully saturated rings. The number of likely N-dealkylation sites (tertiary alicyclic amines) is 1. The Morgan fingerprint density at radius 2 is 2.00 bits per heavy atom. The average Bonchev–Trinajstić information content (AvgIpc) is 3.31. The molecular weight excluding hydrogens is 314 g/mol. The molecule has 0 aliphatic carbocycles. The standard InChI is InChI=1S/C16H15N3O3S/c20-14(19-7-3-4-8-19)10-23-16-18-17-15(22-16)13-9-11-5-1-2-6-12(11)21-13/h1-2,5-6,9H,3-4,7-8,10H2. The summed E-state index contributed by atoms with van der Waals surface area (Å²) in [6.07, 6.45) is 2.18. The van der Waals surface area contributed by atoms with Gasteiger partial charge in [-0.3, -0.25) is 4.79 Å². The first-order valence-electron chi connectivity index (χ1n) is 7.52. The van der Waals surface area contributed by atoms with Crippen LogP contribution in [0.4, 0.5) is 0 Å². The summed E-state index contributed by atoms with van der Waals surface area (Å²) < 4.78 is 11.3. The van der Waals surface area contributed by atoms with E-state index in [-0.39, 0.29) is 5.91 Å². The number of carbonyl (C=O) groups is 1. The second kappa shape index (κ2) is 6.08. The van der Waals surface area contributed by atoms with E-state index in [1.807, 2.05) is 35.2 Å². The number of fused-ring (bicyclic) bond motifs is 1. The van der Waals surface area contributed by atoms with Crippen LogP contribution in [0, 0.1) is 0 Å². The van der Waals surface area contributed by atoms with Crippen LogP contribution in [0.25, 0.3) is 22.6 Å². The third-order valence-electron chi connectivity index (χ3n) is 3.82. The van der Waals surface area contributed by atoms with Crippen LogP contribution in [0.1, 0.15) is 12.8 Å². The van der Waals surface area contributed by atoms with Crippen LogP contribution in [-0.2, 0) is 4.79 Å². The van der Waals surface area contributed by atoms with Crippen LogP contribution in [-0.4, -0.2) is 39.8 Å². The number of furan rings is 1. The number of rotatable bonds is 4. The van der Waals surface area contributed by atoms with E-state index in [0.29, 0.717) is 22.6 Å². The van der Waals surface area contributed by atoms with Crippen molar-refractivity contribution in [1.82, 2.24) is 15.1 Å². The molecule has 0 unspecified atom stereocenters. The predicted octanol–water partition coefficient (Wildman–Crippen LogP) is 3.20. The lowest BCUT2D eigenvalue weighted by atomic mass is 10.2. The highest BCUT2D eigenvalue weighted by molar-refractivity contribution is 7.99. The number of thioether (sulfide) groups is 1. The molecule has 2 aromatic heterocycles. The number of hydrogen-bond donors (Lipinski definition) is 0. The fraction of sp³-hybridized carbons (Fsp3) is 0.312. The summed E-state index contributed by atoms with van der Waals surface area (Å²) in [5.41, 5.74) is 0.777. The largest absolute Gasteiger partial charge is 0.451 e. The Balaban J connectivity index is 1.45. The summed E-state index contributed by atoms with van der Waals surface area (Å²) in [5.74, 6) is 1.31. The van der Waals surface area contributed by atoms with Gasteiger partial charge in [-0.1, -0.05) is 30.0 Å². The topological polar surface area (TPSA) is 72.4 Å². The van der Waals surface area contributed by atoms with Crippen molar-refractivity contribution >= 4 is 28.6 Å². The van der Waals surface area contributed by atoms with Gasteiger partial charge in [0, 0.05) is 18.5 Å². The zero-order valence-electron chi connectivity index (χ0n) is 12.4. The van der Waals surface area contributed by atoms with Crippen LogP contribution in [0.3, 0.4) is 0 Å². The van der Waals surface area contributed by atoms with Gasteiger partial charge in [0.05, 0.1) is 5.75 Å². The predicted molar refractivity (Wildman–Crippen MR) is 86.0 cm³/mol. The van der Waals surface area contributed by atoms with Gasteiger partial charge in [0.2, 0.25) is 5.91 Å². The van der Waals surface area contributed by atoms with E-state index < -0.39 is 0 Å². The number of carbonyl (C=O) groups excluding carboxylic acids is 1. The summed E-state index contributed by atoms with van der Waals surface area (Å²) in [6.45, 7) is 1.71. The Labute approximate surface area is 136 Å². The van der Waals surface area contributed by atoms with Crippen molar-refractivity contribution in [2.45, 2.75) is 18.1 Å². The summed E-state index contributed by atoms with van der Waals surface area (Å²) >= 11 is 1.26. The first-order valence-corrected chi connectivity index (χ1v) is 8.51. The Bertz CT molecular complexity index is 803. The molecule has 7 heteroatoms. The van der Waals surface area contributed by atoms with Crippen LogP contribution in [0.2, 0.25) is 0 Å². The molecule has 1 aromatic carbocycles. The van der Waals surface area contributed by atoms with Crippen LogP contribution in [0.5, 0.6) is 0 Å². The average molecular weight is 329 g/mol. The van der Waals surface area contributed by atoms with Gasteiger partial charge in [-0.2, -0.15) is 0 Å². The van der Waals surface area contributed by atoms with Gasteiger partial charge >= 0.3 is 0 Å². The van der Waals surface area contributed by atoms with E-state index in [9.17, 15) is 4.79 Å². The fourth-order valence-electron chi connectivity index (χ4n) is 2.64. The fourth-order valence-corrected chi connectivity index (χ4v) is 3.30. The number of hydrogen-bond acceptors (Lipinski definition) is 6. The number of aromatic nitrogens is 2. The molecule has 1 aliphatic rings. The molecular formula is C16H15N3O3S. The summed E-state index contributed by atoms with van der Waals surface area (Å²) in [6, 6.07) is 9.57. The van der Waals surface area contributed by atoms with Crippen molar-refractivity contribution in [1.29, 1.82) is 0 Å². The molecule has 0 radical (unpaired) electrons. The number of amides is 1. The molecule has 6 nitrogen and oxygen atoms in total. The van der Waals surface area contributed by atoms with Crippen LogP contribution < -0.4 is 0 Å². The Morgan fingerprint density at radius 1 is 1.17 bits per heavy atom. The maximum absolute atomic E-state index is 12.0. The molecule has 0 atom stereocenters. The Morgan fingerprint density at radius 3 is 2.83 bits per heavy atom. The summed E-state index contributed by atoms with van der Waals surface area (Å²) in [7, 11) is 0. The van der Waals surface area contributed by atoms with Gasteiger partial charge in [0.15, 0.2) is 5.76 Å². The lowest BCUT2D eigenvalue weighted by Crippen LogP contribution is -2.29. The van der Waals surface area contributed by atoms with Gasteiger partial charge in [0.25, 0.3) is 11.1 Å². The van der Waals surface area contributed by atoms with E-state index in [2.05, 4.69) is 10.2 Å². The molecule has 0 bridgehead atoms. The Hall–Kier alpha value is -2.28. The number of para-hydroxylation sites is 1. The molecule has 3 heterocycles. The second-order valence-corrected chi connectivity index (χ2v) is 6.32. The van der Waals surface area contributed by atoms with Crippen LogP contribution in [0.15, 0.2) is 44.4 Å². The molecule has 4 rings (SSSR count). The normalized spacial score (nSPS) is 14.7. The third-order valence-corrected chi connectivity index (χ3v) is 4.62. The van der Waals surface area contributed by atoms with E-state index >= 15 is 0 Å². The molecule has 1 amide bonds. The van der Waals surface area contributed by atoms with Crippen molar-refractivity contribution < 1.29 is 13.6 Å². The van der Waals surface area contributed by atoms with Gasteiger partial charge in [-0.05, 0) is 25.0 Å². The van der Waals surface area contributed by atoms with Crippen molar-refractivity contribution in [3.63, 3.8) is 0 Å². The van der Waals surface area contributed by atoms with E-state index in [0.717, 1.165) is 36.9 Å². The van der Waals surface area contributed by atoms with E-state index in [4.69, 9.17) is 8.83 Å². The van der Waals surface area contributed by atoms with Crippen molar-refractivity contribution in [2.75, 3.05) is 18.8 Å². The van der Waals surface area contributed by atoms with Gasteiger partial charge in [-0.25, -0.2) is 0 Å². The monoisotopic (exact) mass is 329 g/mol. The molecule has 118 valence electrons. The lowest BCUT2D eigenvalue weighted by molar-refractivity contribution is -0.127. The minimum atomic E-state index is 0.121. The quantitative estimate of drug-likeness (QED) is 0.685. The summed E-state index contributed by atoms with van der Waals surface area (Å²) in [5, 5.41) is 9.35. The van der Waals surface area contributed by atoms with Crippen molar-refractivity contribution in [3.8, 4) is 11.7 Å². The van der Waals surface area contributed by atoms with Crippen molar-refractivity contribution in [2.24, 2.45) is 0 Å². The highest BCUT2D eigenvalue weighted by Gasteiger charge is 2.19. The first kappa shape index (κ1) is 14.3. The molecule has 3 aromatic rings. The molecule has 0 spiro atoms. The Kier molecular flexibility index (Phi) is 3.78. The van der Waals surface area contributed by atoms with Crippen molar-refractivity contribution in [3.05, 3.63) is 30.3 Å². The SMILES string of the molecule is O=C(CSc1nnc(-c2cc3ccccc3o2)o1)N1CCCC1. The maximum atomic E-state index is 12.0. The molecule has 1 saturated heterocycles. The number of benzene rings is 1. The molecule has 0 saturated carbocycles. The van der Waals surface area contributed by atoms with Gasteiger partial charge in [0.1, 0.15) is 5.58 Å². The first-order chi connectivity index (χ1) is 11.3. The summed E-state index contributed by atoms with van der Waals surface area (Å²) in [4.78, 5) is 13.9.